The van der Waals surface area contributed by atoms with E-state index in [0.717, 1.165) is 61.7 Å². The van der Waals surface area contributed by atoms with Gasteiger partial charge in [-0.05, 0) is 55.6 Å². The molecule has 2 aromatic rings. The monoisotopic (exact) mass is 429 g/mol. The van der Waals surface area contributed by atoms with E-state index in [1.165, 1.54) is 0 Å². The van der Waals surface area contributed by atoms with E-state index in [2.05, 4.69) is 4.90 Å². The van der Waals surface area contributed by atoms with Gasteiger partial charge in [0.05, 0.1) is 19.8 Å². The second kappa shape index (κ2) is 9.38. The lowest BCUT2D eigenvalue weighted by atomic mass is 9.69. The van der Waals surface area contributed by atoms with Gasteiger partial charge in [-0.1, -0.05) is 35.9 Å². The summed E-state index contributed by atoms with van der Waals surface area (Å²) in [6, 6.07) is 13.5. The van der Waals surface area contributed by atoms with Gasteiger partial charge in [-0.3, -0.25) is 9.69 Å². The number of hydrogen-bond acceptors (Lipinski definition) is 5. The molecular weight excluding hydrogens is 402 g/mol. The fraction of sp³-hybridized carbons (Fsp3) is 0.458. The number of carbonyl (C=O) groups is 1. The molecule has 5 nitrogen and oxygen atoms in total. The molecule has 1 atom stereocenters. The molecule has 30 heavy (non-hydrogen) atoms. The van der Waals surface area contributed by atoms with Crippen molar-refractivity contribution in [3.8, 4) is 5.75 Å². The predicted octanol–water partition coefficient (Wildman–Crippen LogP) is 4.19. The van der Waals surface area contributed by atoms with Crippen LogP contribution in [0.4, 0.5) is 0 Å². The molecule has 0 N–H and O–H groups in total. The van der Waals surface area contributed by atoms with E-state index >= 15 is 0 Å². The summed E-state index contributed by atoms with van der Waals surface area (Å²) in [5, 5.41) is 0.634. The SMILES string of the molecule is CCOC(=O)C1(CCCN2CCOCC2)c2ccc(Cl)cc2COc2ccccc21. The number of hydrogen-bond donors (Lipinski definition) is 0. The zero-order chi connectivity index (χ0) is 21.0. The molecule has 2 aliphatic rings. The maximum absolute atomic E-state index is 13.6. The summed E-state index contributed by atoms with van der Waals surface area (Å²) in [5.74, 6) is 0.498. The Kier molecular flexibility index (Phi) is 6.61. The molecule has 0 amide bonds. The normalized spacial score (nSPS) is 21.1. The van der Waals surface area contributed by atoms with E-state index in [1.54, 1.807) is 0 Å². The lowest BCUT2D eigenvalue weighted by molar-refractivity contribution is -0.148. The van der Waals surface area contributed by atoms with Crippen LogP contribution in [0.2, 0.25) is 5.02 Å². The van der Waals surface area contributed by atoms with Crippen LogP contribution in [0.5, 0.6) is 5.75 Å². The van der Waals surface area contributed by atoms with E-state index in [-0.39, 0.29) is 5.97 Å². The number of halogens is 1. The standard InChI is InChI=1S/C24H28ClNO4/c1-2-29-23(27)24(10-5-11-26-12-14-28-15-13-26)20-9-8-19(25)16-18(20)17-30-22-7-4-3-6-21(22)24/h3-4,6-9,16H,2,5,10-15,17H2,1H3. The van der Waals surface area contributed by atoms with Crippen molar-refractivity contribution in [2.75, 3.05) is 39.5 Å². The van der Waals surface area contributed by atoms with Crippen LogP contribution in [0.3, 0.4) is 0 Å². The van der Waals surface area contributed by atoms with Crippen LogP contribution < -0.4 is 4.74 Å². The Morgan fingerprint density at radius 3 is 2.77 bits per heavy atom. The van der Waals surface area contributed by atoms with E-state index in [1.807, 2.05) is 49.4 Å². The molecule has 2 aromatic carbocycles. The Morgan fingerprint density at radius 1 is 1.17 bits per heavy atom. The topological polar surface area (TPSA) is 48.0 Å². The van der Waals surface area contributed by atoms with Gasteiger partial charge >= 0.3 is 5.97 Å². The minimum Gasteiger partial charge on any atom is -0.489 e. The van der Waals surface area contributed by atoms with Crippen molar-refractivity contribution in [1.29, 1.82) is 0 Å². The van der Waals surface area contributed by atoms with Crippen molar-refractivity contribution in [2.45, 2.75) is 31.8 Å². The average Bonchev–Trinajstić information content (AvgIpc) is 2.90. The summed E-state index contributed by atoms with van der Waals surface area (Å²) in [7, 11) is 0. The third-order valence-electron chi connectivity index (χ3n) is 6.01. The summed E-state index contributed by atoms with van der Waals surface area (Å²) in [5.41, 5.74) is 1.80. The Hall–Kier alpha value is -2.08. The number of rotatable bonds is 6. The van der Waals surface area contributed by atoms with E-state index in [0.29, 0.717) is 24.7 Å². The maximum atomic E-state index is 13.6. The molecule has 0 saturated carbocycles. The molecule has 1 unspecified atom stereocenters. The second-order valence-electron chi connectivity index (χ2n) is 7.77. The number of esters is 1. The fourth-order valence-electron chi connectivity index (χ4n) is 4.58. The number of nitrogens with zero attached hydrogens (tertiary/aromatic N) is 1. The first-order chi connectivity index (χ1) is 14.6. The summed E-state index contributed by atoms with van der Waals surface area (Å²) in [4.78, 5) is 16.0. The molecule has 1 fully saturated rings. The van der Waals surface area contributed by atoms with Gasteiger partial charge < -0.3 is 14.2 Å². The average molecular weight is 430 g/mol. The minimum atomic E-state index is -0.921. The third-order valence-corrected chi connectivity index (χ3v) is 6.25. The lowest BCUT2D eigenvalue weighted by Crippen LogP contribution is -2.41. The summed E-state index contributed by atoms with van der Waals surface area (Å²) in [6.07, 6.45) is 1.49. The molecule has 6 heteroatoms. The number of para-hydroxylation sites is 1. The summed E-state index contributed by atoms with van der Waals surface area (Å²) in [6.45, 7) is 6.85. The van der Waals surface area contributed by atoms with E-state index in [4.69, 9.17) is 25.8 Å². The Bertz CT molecular complexity index is 897. The Morgan fingerprint density at radius 2 is 1.97 bits per heavy atom. The highest BCUT2D eigenvalue weighted by atomic mass is 35.5. The molecule has 0 aromatic heterocycles. The zero-order valence-corrected chi connectivity index (χ0v) is 18.1. The van der Waals surface area contributed by atoms with Crippen LogP contribution in [-0.2, 0) is 26.3 Å². The van der Waals surface area contributed by atoms with Gasteiger partial charge in [0, 0.05) is 23.7 Å². The Labute approximate surface area is 182 Å². The molecule has 0 spiro atoms. The van der Waals surface area contributed by atoms with Crippen LogP contribution in [0, 0.1) is 0 Å². The summed E-state index contributed by atoms with van der Waals surface area (Å²) >= 11 is 6.29. The first-order valence-electron chi connectivity index (χ1n) is 10.6. The van der Waals surface area contributed by atoms with Gasteiger partial charge in [-0.15, -0.1) is 0 Å². The molecule has 0 aliphatic carbocycles. The van der Waals surface area contributed by atoms with Crippen molar-refractivity contribution in [2.24, 2.45) is 0 Å². The van der Waals surface area contributed by atoms with Crippen molar-refractivity contribution in [3.05, 3.63) is 64.2 Å². The molecule has 4 rings (SSSR count). The summed E-state index contributed by atoms with van der Waals surface area (Å²) < 4.78 is 17.2. The number of ether oxygens (including phenoxy) is 3. The highest BCUT2D eigenvalue weighted by Gasteiger charge is 2.47. The van der Waals surface area contributed by atoms with Gasteiger partial charge in [-0.25, -0.2) is 0 Å². The number of morpholine rings is 1. The van der Waals surface area contributed by atoms with Crippen molar-refractivity contribution in [1.82, 2.24) is 4.90 Å². The highest BCUT2D eigenvalue weighted by molar-refractivity contribution is 6.30. The molecular formula is C24H28ClNO4. The zero-order valence-electron chi connectivity index (χ0n) is 17.4. The Balaban J connectivity index is 1.77. The number of carbonyl (C=O) groups excluding carboxylic acids is 1. The van der Waals surface area contributed by atoms with Crippen LogP contribution >= 0.6 is 11.6 Å². The first-order valence-corrected chi connectivity index (χ1v) is 11.0. The third kappa shape index (κ3) is 4.07. The molecule has 2 heterocycles. The first kappa shape index (κ1) is 21.2. The van der Waals surface area contributed by atoms with Crippen molar-refractivity contribution >= 4 is 17.6 Å². The quantitative estimate of drug-likeness (QED) is 0.644. The van der Waals surface area contributed by atoms with Crippen molar-refractivity contribution < 1.29 is 19.0 Å². The van der Waals surface area contributed by atoms with Crippen LogP contribution in [-0.4, -0.2) is 50.3 Å². The highest BCUT2D eigenvalue weighted by Crippen LogP contribution is 2.46. The predicted molar refractivity (Wildman–Crippen MR) is 116 cm³/mol. The molecule has 2 aliphatic heterocycles. The van der Waals surface area contributed by atoms with Crippen LogP contribution in [0.25, 0.3) is 0 Å². The van der Waals surface area contributed by atoms with Crippen molar-refractivity contribution in [3.63, 3.8) is 0 Å². The smallest absolute Gasteiger partial charge is 0.321 e. The second-order valence-corrected chi connectivity index (χ2v) is 8.21. The van der Waals surface area contributed by atoms with Gasteiger partial charge in [0.1, 0.15) is 17.8 Å². The molecule has 0 radical (unpaired) electrons. The lowest BCUT2D eigenvalue weighted by Gasteiger charge is -2.34. The minimum absolute atomic E-state index is 0.228. The van der Waals surface area contributed by atoms with Gasteiger partial charge in [0.15, 0.2) is 0 Å². The van der Waals surface area contributed by atoms with Gasteiger partial charge in [0.25, 0.3) is 0 Å². The van der Waals surface area contributed by atoms with Gasteiger partial charge in [-0.2, -0.15) is 0 Å². The maximum Gasteiger partial charge on any atom is 0.321 e. The van der Waals surface area contributed by atoms with E-state index < -0.39 is 5.41 Å². The van der Waals surface area contributed by atoms with Crippen LogP contribution in [0.15, 0.2) is 42.5 Å². The number of fused-ring (bicyclic) bond motifs is 2. The fourth-order valence-corrected chi connectivity index (χ4v) is 4.78. The number of benzene rings is 2. The van der Waals surface area contributed by atoms with Crippen LogP contribution in [0.1, 0.15) is 36.5 Å². The molecule has 1 saturated heterocycles. The molecule has 160 valence electrons. The van der Waals surface area contributed by atoms with E-state index in [9.17, 15) is 4.79 Å². The van der Waals surface area contributed by atoms with Gasteiger partial charge in [0.2, 0.25) is 0 Å². The molecule has 0 bridgehead atoms. The largest absolute Gasteiger partial charge is 0.489 e.